The van der Waals surface area contributed by atoms with Crippen LogP contribution in [0.2, 0.25) is 0 Å². The molecule has 1 atom stereocenters. The summed E-state index contributed by atoms with van der Waals surface area (Å²) in [5, 5.41) is 2.81. The van der Waals surface area contributed by atoms with E-state index in [1.165, 1.54) is 24.3 Å². The molecule has 4 rings (SSSR count). The lowest BCUT2D eigenvalue weighted by Crippen LogP contribution is -2.46. The van der Waals surface area contributed by atoms with Crippen molar-refractivity contribution in [3.05, 3.63) is 65.5 Å². The van der Waals surface area contributed by atoms with E-state index in [4.69, 9.17) is 9.47 Å². The van der Waals surface area contributed by atoms with Gasteiger partial charge in [0.1, 0.15) is 23.7 Å². The molecule has 2 aromatic rings. The first-order valence-corrected chi connectivity index (χ1v) is 10.3. The van der Waals surface area contributed by atoms with Crippen LogP contribution in [0.1, 0.15) is 30.4 Å². The number of carbonyl (C=O) groups is 3. The molecule has 8 heteroatoms. The number of carbonyl (C=O) groups excluding carboxylic acids is 3. The van der Waals surface area contributed by atoms with Gasteiger partial charge in [-0.2, -0.15) is 0 Å². The van der Waals surface area contributed by atoms with Crippen LogP contribution in [-0.4, -0.2) is 42.6 Å². The van der Waals surface area contributed by atoms with Gasteiger partial charge in [-0.05, 0) is 54.7 Å². The van der Waals surface area contributed by atoms with Crippen LogP contribution in [-0.2, 0) is 26.3 Å². The Morgan fingerprint density at radius 3 is 2.68 bits per heavy atom. The fourth-order valence-corrected chi connectivity index (χ4v) is 4.10. The Morgan fingerprint density at radius 1 is 1.10 bits per heavy atom. The van der Waals surface area contributed by atoms with E-state index < -0.39 is 30.0 Å². The maximum atomic E-state index is 13.1. The highest BCUT2D eigenvalue weighted by Gasteiger charge is 2.54. The van der Waals surface area contributed by atoms with Crippen LogP contribution >= 0.6 is 0 Å². The summed E-state index contributed by atoms with van der Waals surface area (Å²) in [4.78, 5) is 38.8. The Hall–Kier alpha value is -3.42. The highest BCUT2D eigenvalue weighted by atomic mass is 19.1. The summed E-state index contributed by atoms with van der Waals surface area (Å²) in [5.41, 5.74) is 0.733. The van der Waals surface area contributed by atoms with Gasteiger partial charge in [0.15, 0.2) is 0 Å². The number of halogens is 1. The van der Waals surface area contributed by atoms with Crippen molar-refractivity contribution < 1.29 is 28.2 Å². The van der Waals surface area contributed by atoms with Gasteiger partial charge in [0.2, 0.25) is 0 Å². The number of ether oxygens (including phenoxy) is 2. The lowest BCUT2D eigenvalue weighted by molar-refractivity contribution is -0.148. The van der Waals surface area contributed by atoms with Crippen molar-refractivity contribution in [2.24, 2.45) is 0 Å². The third-order valence-electron chi connectivity index (χ3n) is 5.57. The molecule has 0 bridgehead atoms. The molecule has 2 aromatic carbocycles. The van der Waals surface area contributed by atoms with Gasteiger partial charge in [0.05, 0.1) is 13.2 Å². The van der Waals surface area contributed by atoms with Gasteiger partial charge < -0.3 is 14.8 Å². The fourth-order valence-electron chi connectivity index (χ4n) is 4.10. The standard InChI is InChI=1S/C23H23FN2O5/c24-17-8-10-18(11-9-17)30-13-4-14-31-20(27)15-26-21(28)23(25-22(26)29)12-3-6-16-5-1-2-7-19(16)23/h1-2,5,7-11H,3-4,6,12-15H2,(H,25,29). The van der Waals surface area contributed by atoms with Crippen molar-refractivity contribution in [3.63, 3.8) is 0 Å². The summed E-state index contributed by atoms with van der Waals surface area (Å²) in [6, 6.07) is 12.6. The second-order valence-electron chi connectivity index (χ2n) is 7.61. The molecule has 1 spiro atoms. The molecular formula is C23H23FN2O5. The van der Waals surface area contributed by atoms with Gasteiger partial charge in [-0.3, -0.25) is 14.5 Å². The summed E-state index contributed by atoms with van der Waals surface area (Å²) in [5.74, 6) is -0.905. The number of esters is 1. The van der Waals surface area contributed by atoms with Gasteiger partial charge >= 0.3 is 12.0 Å². The molecule has 162 valence electrons. The van der Waals surface area contributed by atoms with Crippen LogP contribution < -0.4 is 10.1 Å². The lowest BCUT2D eigenvalue weighted by Gasteiger charge is -2.33. The molecule has 3 amide bonds. The maximum absolute atomic E-state index is 13.1. The Morgan fingerprint density at radius 2 is 1.87 bits per heavy atom. The fraction of sp³-hybridized carbons (Fsp3) is 0.348. The number of benzene rings is 2. The minimum atomic E-state index is -1.10. The van der Waals surface area contributed by atoms with Gasteiger partial charge in [-0.1, -0.05) is 24.3 Å². The first-order chi connectivity index (χ1) is 15.0. The Balaban J connectivity index is 1.28. The molecule has 2 aliphatic rings. The number of amides is 3. The molecule has 7 nitrogen and oxygen atoms in total. The van der Waals surface area contributed by atoms with Crippen molar-refractivity contribution in [2.75, 3.05) is 19.8 Å². The summed E-state index contributed by atoms with van der Waals surface area (Å²) < 4.78 is 23.4. The third-order valence-corrected chi connectivity index (χ3v) is 5.57. The quantitative estimate of drug-likeness (QED) is 0.418. The number of hydrogen-bond acceptors (Lipinski definition) is 5. The van der Waals surface area contributed by atoms with Crippen molar-refractivity contribution in [1.82, 2.24) is 10.2 Å². The molecule has 1 aliphatic heterocycles. The van der Waals surface area contributed by atoms with E-state index in [1.54, 1.807) is 0 Å². The van der Waals surface area contributed by atoms with Crippen LogP contribution in [0.4, 0.5) is 9.18 Å². The van der Waals surface area contributed by atoms with Gasteiger partial charge in [-0.15, -0.1) is 0 Å². The van der Waals surface area contributed by atoms with Gasteiger partial charge in [0, 0.05) is 6.42 Å². The topological polar surface area (TPSA) is 84.9 Å². The maximum Gasteiger partial charge on any atom is 0.326 e. The summed E-state index contributed by atoms with van der Waals surface area (Å²) in [7, 11) is 0. The minimum Gasteiger partial charge on any atom is -0.493 e. The zero-order chi connectivity index (χ0) is 21.8. The van der Waals surface area contributed by atoms with Crippen molar-refractivity contribution in [1.29, 1.82) is 0 Å². The van der Waals surface area contributed by atoms with E-state index >= 15 is 0 Å². The number of imide groups is 1. The minimum absolute atomic E-state index is 0.0810. The zero-order valence-corrected chi connectivity index (χ0v) is 16.9. The van der Waals surface area contributed by atoms with E-state index in [-0.39, 0.29) is 19.0 Å². The van der Waals surface area contributed by atoms with Crippen LogP contribution in [0.25, 0.3) is 0 Å². The van der Waals surface area contributed by atoms with Crippen molar-refractivity contribution >= 4 is 17.9 Å². The molecule has 0 radical (unpaired) electrons. The molecule has 1 saturated heterocycles. The van der Waals surface area contributed by atoms with E-state index in [0.717, 1.165) is 28.9 Å². The number of nitrogens with one attached hydrogen (secondary N) is 1. The molecule has 1 aliphatic carbocycles. The second kappa shape index (κ2) is 8.75. The zero-order valence-electron chi connectivity index (χ0n) is 16.9. The highest BCUT2D eigenvalue weighted by Crippen LogP contribution is 2.39. The molecular weight excluding hydrogens is 403 g/mol. The third kappa shape index (κ3) is 4.23. The number of aryl methyl sites for hydroxylation is 1. The monoisotopic (exact) mass is 426 g/mol. The van der Waals surface area contributed by atoms with Crippen LogP contribution in [0.5, 0.6) is 5.75 Å². The molecule has 1 unspecified atom stereocenters. The number of urea groups is 1. The Bertz CT molecular complexity index is 994. The van der Waals surface area contributed by atoms with Crippen LogP contribution in [0.15, 0.2) is 48.5 Å². The van der Waals surface area contributed by atoms with E-state index in [2.05, 4.69) is 5.32 Å². The number of nitrogens with zero attached hydrogens (tertiary/aromatic N) is 1. The largest absolute Gasteiger partial charge is 0.493 e. The van der Waals surface area contributed by atoms with E-state index in [0.29, 0.717) is 18.6 Å². The SMILES string of the molecule is O=C(CN1C(=O)NC2(CCCc3ccccc32)C1=O)OCCCOc1ccc(F)cc1. The molecule has 0 saturated carbocycles. The average Bonchev–Trinajstić information content (AvgIpc) is 3.00. The predicted molar refractivity (Wildman–Crippen MR) is 109 cm³/mol. The first-order valence-electron chi connectivity index (χ1n) is 10.3. The number of hydrogen-bond donors (Lipinski definition) is 1. The van der Waals surface area contributed by atoms with Crippen LogP contribution in [0, 0.1) is 5.82 Å². The molecule has 31 heavy (non-hydrogen) atoms. The summed E-state index contributed by atoms with van der Waals surface area (Å²) in [6.07, 6.45) is 2.54. The van der Waals surface area contributed by atoms with Gasteiger partial charge in [0.25, 0.3) is 5.91 Å². The molecule has 0 aromatic heterocycles. The lowest BCUT2D eigenvalue weighted by atomic mass is 9.76. The molecule has 1 N–H and O–H groups in total. The normalized spacial score (nSPS) is 19.8. The van der Waals surface area contributed by atoms with Crippen molar-refractivity contribution in [2.45, 2.75) is 31.2 Å². The first kappa shape index (κ1) is 20.8. The second-order valence-corrected chi connectivity index (χ2v) is 7.61. The number of rotatable bonds is 7. The summed E-state index contributed by atoms with van der Waals surface area (Å²) >= 11 is 0. The average molecular weight is 426 g/mol. The smallest absolute Gasteiger partial charge is 0.326 e. The van der Waals surface area contributed by atoms with Crippen LogP contribution in [0.3, 0.4) is 0 Å². The Labute approximate surface area is 179 Å². The molecule has 1 heterocycles. The van der Waals surface area contributed by atoms with Crippen molar-refractivity contribution in [3.8, 4) is 5.75 Å². The highest BCUT2D eigenvalue weighted by molar-refractivity contribution is 6.09. The summed E-state index contributed by atoms with van der Waals surface area (Å²) in [6.45, 7) is -0.0764. The number of fused-ring (bicyclic) bond motifs is 2. The van der Waals surface area contributed by atoms with Gasteiger partial charge in [-0.25, -0.2) is 9.18 Å². The van der Waals surface area contributed by atoms with E-state index in [1.807, 2.05) is 24.3 Å². The predicted octanol–water partition coefficient (Wildman–Crippen LogP) is 2.92. The Kier molecular flexibility index (Phi) is 5.88. The van der Waals surface area contributed by atoms with E-state index in [9.17, 15) is 18.8 Å². The molecule has 1 fully saturated rings.